The molecule has 5 rings (SSSR count). The summed E-state index contributed by atoms with van der Waals surface area (Å²) in [6.45, 7) is 3.73. The van der Waals surface area contributed by atoms with Crippen LogP contribution in [0.1, 0.15) is 63.4 Å². The van der Waals surface area contributed by atoms with Crippen LogP contribution < -0.4 is 10.6 Å². The number of aromatic nitrogens is 1. The standard InChI is InChI=1S/C29H42N4O3/c1-36-15-7-14-32-19-23(26-10-5-6-11-27(26)32)20-33(25-12-13-25)29(35)22-16-24(18-30-17-22)31-28(34)21-8-3-2-4-9-21/h5-6,10-11,19,21-22,24-25,30H,2-4,7-9,12-18,20H2,1H3,(H,31,34). The molecule has 1 saturated heterocycles. The molecule has 2 atom stereocenters. The summed E-state index contributed by atoms with van der Waals surface area (Å²) < 4.78 is 7.56. The van der Waals surface area contributed by atoms with Gasteiger partial charge in [0.25, 0.3) is 0 Å². The average molecular weight is 495 g/mol. The summed E-state index contributed by atoms with van der Waals surface area (Å²) in [6, 6.07) is 8.87. The van der Waals surface area contributed by atoms with E-state index in [-0.39, 0.29) is 29.7 Å². The average Bonchev–Trinajstić information content (AvgIpc) is 3.70. The number of rotatable bonds is 10. The molecule has 3 fully saturated rings. The number of piperidine rings is 1. The molecule has 0 spiro atoms. The zero-order chi connectivity index (χ0) is 24.9. The maximum atomic E-state index is 13.8. The van der Waals surface area contributed by atoms with E-state index in [4.69, 9.17) is 4.74 Å². The summed E-state index contributed by atoms with van der Waals surface area (Å²) in [4.78, 5) is 28.8. The number of amides is 2. The van der Waals surface area contributed by atoms with Gasteiger partial charge in [0.1, 0.15) is 0 Å². The molecule has 1 aromatic heterocycles. The van der Waals surface area contributed by atoms with E-state index >= 15 is 0 Å². The number of nitrogens with one attached hydrogen (secondary N) is 2. The highest BCUT2D eigenvalue weighted by Gasteiger charge is 2.38. The van der Waals surface area contributed by atoms with Crippen molar-refractivity contribution in [2.45, 2.75) is 83.0 Å². The largest absolute Gasteiger partial charge is 0.385 e. The number of carbonyl (C=O) groups is 2. The number of aryl methyl sites for hydroxylation is 1. The number of ether oxygens (including phenoxy) is 1. The third-order valence-corrected chi connectivity index (χ3v) is 8.25. The van der Waals surface area contributed by atoms with Gasteiger partial charge in [-0.2, -0.15) is 0 Å². The molecule has 2 aliphatic carbocycles. The summed E-state index contributed by atoms with van der Waals surface area (Å²) in [5.41, 5.74) is 2.44. The van der Waals surface area contributed by atoms with Gasteiger partial charge in [-0.25, -0.2) is 0 Å². The van der Waals surface area contributed by atoms with Gasteiger partial charge < -0.3 is 24.8 Å². The molecule has 196 valence electrons. The van der Waals surface area contributed by atoms with Crippen molar-refractivity contribution in [3.05, 3.63) is 36.0 Å². The van der Waals surface area contributed by atoms with E-state index in [1.807, 2.05) is 0 Å². The van der Waals surface area contributed by atoms with Crippen LogP contribution in [-0.2, 0) is 27.4 Å². The Labute approximate surface area is 214 Å². The van der Waals surface area contributed by atoms with Crippen molar-refractivity contribution in [1.82, 2.24) is 20.1 Å². The second-order valence-electron chi connectivity index (χ2n) is 11.0. The Bertz CT molecular complexity index is 1040. The Hall–Kier alpha value is -2.38. The summed E-state index contributed by atoms with van der Waals surface area (Å²) >= 11 is 0. The third kappa shape index (κ3) is 5.94. The van der Waals surface area contributed by atoms with E-state index in [0.717, 1.165) is 71.1 Å². The highest BCUT2D eigenvalue weighted by atomic mass is 16.5. The second kappa shape index (κ2) is 11.8. The molecule has 2 aromatic rings. The zero-order valence-corrected chi connectivity index (χ0v) is 21.7. The molecule has 2 N–H and O–H groups in total. The van der Waals surface area contributed by atoms with E-state index in [0.29, 0.717) is 19.1 Å². The first-order valence-corrected chi connectivity index (χ1v) is 14.0. The number of methoxy groups -OCH3 is 1. The molecule has 1 aliphatic heterocycles. The van der Waals surface area contributed by atoms with Crippen LogP contribution in [0.15, 0.2) is 30.5 Å². The number of hydrogen-bond acceptors (Lipinski definition) is 4. The highest BCUT2D eigenvalue weighted by molar-refractivity contribution is 5.85. The quantitative estimate of drug-likeness (QED) is 0.492. The minimum Gasteiger partial charge on any atom is -0.385 e. The Morgan fingerprint density at radius 1 is 1.08 bits per heavy atom. The van der Waals surface area contributed by atoms with Crippen LogP contribution >= 0.6 is 0 Å². The van der Waals surface area contributed by atoms with E-state index in [1.165, 1.54) is 22.9 Å². The van der Waals surface area contributed by atoms with Gasteiger partial charge in [-0.15, -0.1) is 0 Å². The Morgan fingerprint density at radius 3 is 2.67 bits per heavy atom. The van der Waals surface area contributed by atoms with Gasteiger partial charge in [0.05, 0.1) is 5.92 Å². The molecule has 1 aromatic carbocycles. The summed E-state index contributed by atoms with van der Waals surface area (Å²) in [7, 11) is 1.74. The Kier molecular flexibility index (Phi) is 8.27. The van der Waals surface area contributed by atoms with Crippen molar-refractivity contribution in [3.8, 4) is 0 Å². The maximum absolute atomic E-state index is 13.8. The summed E-state index contributed by atoms with van der Waals surface area (Å²) in [6.07, 6.45) is 11.6. The van der Waals surface area contributed by atoms with E-state index in [2.05, 4.69) is 50.6 Å². The molecule has 2 amide bonds. The van der Waals surface area contributed by atoms with Crippen molar-refractivity contribution in [2.75, 3.05) is 26.8 Å². The van der Waals surface area contributed by atoms with Crippen molar-refractivity contribution < 1.29 is 14.3 Å². The fraction of sp³-hybridized carbons (Fsp3) is 0.655. The van der Waals surface area contributed by atoms with Gasteiger partial charge in [0.15, 0.2) is 0 Å². The first-order valence-electron chi connectivity index (χ1n) is 14.0. The first kappa shape index (κ1) is 25.3. The van der Waals surface area contributed by atoms with Gasteiger partial charge in [-0.05, 0) is 50.2 Å². The minimum absolute atomic E-state index is 0.0332. The smallest absolute Gasteiger partial charge is 0.227 e. The van der Waals surface area contributed by atoms with E-state index in [1.54, 1.807) is 7.11 Å². The molecule has 7 nitrogen and oxygen atoms in total. The van der Waals surface area contributed by atoms with Crippen LogP contribution in [0.4, 0.5) is 0 Å². The Morgan fingerprint density at radius 2 is 1.89 bits per heavy atom. The van der Waals surface area contributed by atoms with Crippen molar-refractivity contribution in [2.24, 2.45) is 11.8 Å². The third-order valence-electron chi connectivity index (χ3n) is 8.25. The maximum Gasteiger partial charge on any atom is 0.227 e. The van der Waals surface area contributed by atoms with Crippen LogP contribution in [0.25, 0.3) is 10.9 Å². The van der Waals surface area contributed by atoms with Crippen molar-refractivity contribution in [1.29, 1.82) is 0 Å². The highest BCUT2D eigenvalue weighted by Crippen LogP contribution is 2.33. The number of benzene rings is 1. The van der Waals surface area contributed by atoms with E-state index in [9.17, 15) is 9.59 Å². The molecular formula is C29H42N4O3. The molecule has 2 saturated carbocycles. The first-order chi connectivity index (χ1) is 17.6. The van der Waals surface area contributed by atoms with Crippen LogP contribution in [-0.4, -0.2) is 60.2 Å². The normalized spacial score (nSPS) is 23.0. The van der Waals surface area contributed by atoms with Crippen LogP contribution in [0, 0.1) is 11.8 Å². The fourth-order valence-corrected chi connectivity index (χ4v) is 6.13. The molecular weight excluding hydrogens is 452 g/mol. The zero-order valence-electron chi connectivity index (χ0n) is 21.7. The van der Waals surface area contributed by atoms with E-state index < -0.39 is 0 Å². The molecule has 3 aliphatic rings. The lowest BCUT2D eigenvalue weighted by molar-refractivity contribution is -0.138. The number of fused-ring (bicyclic) bond motifs is 1. The lowest BCUT2D eigenvalue weighted by Gasteiger charge is -2.34. The SMILES string of the molecule is COCCCn1cc(CN(C(=O)C2CNCC(NC(=O)C3CCCCC3)C2)C2CC2)c2ccccc21. The number of nitrogens with zero attached hydrogens (tertiary/aromatic N) is 2. The lowest BCUT2D eigenvalue weighted by atomic mass is 9.87. The number of para-hydroxylation sites is 1. The second-order valence-corrected chi connectivity index (χ2v) is 11.0. The van der Waals surface area contributed by atoms with Crippen LogP contribution in [0.2, 0.25) is 0 Å². The monoisotopic (exact) mass is 494 g/mol. The molecule has 7 heteroatoms. The van der Waals surface area contributed by atoms with Crippen LogP contribution in [0.5, 0.6) is 0 Å². The summed E-state index contributed by atoms with van der Waals surface area (Å²) in [5, 5.41) is 7.94. The lowest BCUT2D eigenvalue weighted by Crippen LogP contribution is -2.53. The molecule has 0 bridgehead atoms. The topological polar surface area (TPSA) is 75.6 Å². The van der Waals surface area contributed by atoms with Crippen molar-refractivity contribution in [3.63, 3.8) is 0 Å². The van der Waals surface area contributed by atoms with Crippen molar-refractivity contribution >= 4 is 22.7 Å². The molecule has 2 unspecified atom stereocenters. The molecule has 36 heavy (non-hydrogen) atoms. The van der Waals surface area contributed by atoms with Crippen LogP contribution in [0.3, 0.4) is 0 Å². The predicted molar refractivity (Wildman–Crippen MR) is 141 cm³/mol. The Balaban J connectivity index is 1.26. The minimum atomic E-state index is -0.0916. The molecule has 2 heterocycles. The summed E-state index contributed by atoms with van der Waals surface area (Å²) in [5.74, 6) is 0.484. The van der Waals surface area contributed by atoms with Gasteiger partial charge in [-0.1, -0.05) is 37.5 Å². The van der Waals surface area contributed by atoms with Gasteiger partial charge >= 0.3 is 0 Å². The number of hydrogen-bond donors (Lipinski definition) is 2. The van der Waals surface area contributed by atoms with Gasteiger partial charge in [0, 0.05) is 75.0 Å². The van der Waals surface area contributed by atoms with Gasteiger partial charge in [0.2, 0.25) is 11.8 Å². The molecule has 0 radical (unpaired) electrons. The fourth-order valence-electron chi connectivity index (χ4n) is 6.13. The van der Waals surface area contributed by atoms with Gasteiger partial charge in [-0.3, -0.25) is 9.59 Å². The number of carbonyl (C=O) groups excluding carboxylic acids is 2. The predicted octanol–water partition coefficient (Wildman–Crippen LogP) is 3.84.